The third-order valence-electron chi connectivity index (χ3n) is 2.03. The largest absolute Gasteiger partial charge is 0.619 e. The Morgan fingerprint density at radius 2 is 2.23 bits per heavy atom. The minimum atomic E-state index is -1.02. The molecule has 0 amide bonds. The lowest BCUT2D eigenvalue weighted by Crippen LogP contribution is -2.33. The highest BCUT2D eigenvalue weighted by Gasteiger charge is 2.31. The topological polar surface area (TPSA) is 64.2 Å². The number of nitrogens with zero attached hydrogens (tertiary/aromatic N) is 1. The van der Waals surface area contributed by atoms with Crippen molar-refractivity contribution in [2.24, 2.45) is 0 Å². The van der Waals surface area contributed by atoms with Gasteiger partial charge in [-0.25, -0.2) is 0 Å². The first kappa shape index (κ1) is 9.51. The summed E-state index contributed by atoms with van der Waals surface area (Å²) in [6, 6.07) is 3.16. The molecule has 1 heterocycles. The molecular formula is C9H11NO3. The van der Waals surface area contributed by atoms with E-state index in [2.05, 4.69) is 0 Å². The SMILES string of the molecule is CC(C)(C(=O)O)c1ccc[n+]([O-])c1. The van der Waals surface area contributed by atoms with Crippen LogP contribution in [0, 0.1) is 5.21 Å². The zero-order valence-corrected chi connectivity index (χ0v) is 7.52. The number of aliphatic carboxylic acids is 1. The number of hydrogen-bond donors (Lipinski definition) is 1. The van der Waals surface area contributed by atoms with Gasteiger partial charge in [-0.05, 0) is 19.9 Å². The van der Waals surface area contributed by atoms with E-state index in [-0.39, 0.29) is 0 Å². The maximum atomic E-state index is 10.9. The minimum absolute atomic E-state index is 0.498. The molecule has 0 aliphatic heterocycles. The summed E-state index contributed by atoms with van der Waals surface area (Å²) in [6.45, 7) is 3.12. The molecule has 1 aromatic rings. The summed E-state index contributed by atoms with van der Waals surface area (Å²) in [6.07, 6.45) is 2.59. The molecule has 0 bridgehead atoms. The molecule has 0 unspecified atom stereocenters. The second-order valence-corrected chi connectivity index (χ2v) is 3.38. The fraction of sp³-hybridized carbons (Fsp3) is 0.333. The van der Waals surface area contributed by atoms with E-state index in [0.717, 1.165) is 0 Å². The average molecular weight is 181 g/mol. The Morgan fingerprint density at radius 3 is 2.69 bits per heavy atom. The van der Waals surface area contributed by atoms with Crippen LogP contribution < -0.4 is 4.73 Å². The molecule has 0 aromatic carbocycles. The smallest absolute Gasteiger partial charge is 0.313 e. The lowest BCUT2D eigenvalue weighted by molar-refractivity contribution is -0.606. The highest BCUT2D eigenvalue weighted by molar-refractivity contribution is 5.79. The summed E-state index contributed by atoms with van der Waals surface area (Å²) in [7, 11) is 0. The third-order valence-corrected chi connectivity index (χ3v) is 2.03. The number of rotatable bonds is 2. The third kappa shape index (κ3) is 1.77. The summed E-state index contributed by atoms with van der Waals surface area (Å²) >= 11 is 0. The van der Waals surface area contributed by atoms with E-state index < -0.39 is 11.4 Å². The summed E-state index contributed by atoms with van der Waals surface area (Å²) in [4.78, 5) is 10.8. The predicted molar refractivity (Wildman–Crippen MR) is 46.1 cm³/mol. The van der Waals surface area contributed by atoms with Gasteiger partial charge < -0.3 is 10.3 Å². The van der Waals surface area contributed by atoms with Crippen molar-refractivity contribution in [1.29, 1.82) is 0 Å². The van der Waals surface area contributed by atoms with Crippen LogP contribution in [0.5, 0.6) is 0 Å². The predicted octanol–water partition coefficient (Wildman–Crippen LogP) is 0.682. The molecule has 0 atom stereocenters. The molecule has 1 N–H and O–H groups in total. The van der Waals surface area contributed by atoms with E-state index in [1.54, 1.807) is 19.9 Å². The van der Waals surface area contributed by atoms with Crippen LogP contribution in [-0.4, -0.2) is 11.1 Å². The van der Waals surface area contributed by atoms with Crippen molar-refractivity contribution >= 4 is 5.97 Å². The first-order valence-corrected chi connectivity index (χ1v) is 3.87. The van der Waals surface area contributed by atoms with E-state index in [1.807, 2.05) is 0 Å². The molecule has 1 rings (SSSR count). The first-order valence-electron chi connectivity index (χ1n) is 3.87. The average Bonchev–Trinajstić information content (AvgIpc) is 2.04. The van der Waals surface area contributed by atoms with Gasteiger partial charge in [0.05, 0.1) is 5.41 Å². The molecule has 0 aliphatic carbocycles. The molecule has 4 nitrogen and oxygen atoms in total. The molecule has 0 aliphatic rings. The molecular weight excluding hydrogens is 170 g/mol. The fourth-order valence-corrected chi connectivity index (χ4v) is 0.948. The van der Waals surface area contributed by atoms with Gasteiger partial charge in [-0.2, -0.15) is 4.73 Å². The fourth-order valence-electron chi connectivity index (χ4n) is 0.948. The Morgan fingerprint density at radius 1 is 1.62 bits per heavy atom. The van der Waals surface area contributed by atoms with Crippen molar-refractivity contribution in [3.8, 4) is 0 Å². The van der Waals surface area contributed by atoms with Crippen LogP contribution in [0.1, 0.15) is 19.4 Å². The molecule has 0 fully saturated rings. The van der Waals surface area contributed by atoms with Gasteiger partial charge in [0.2, 0.25) is 0 Å². The maximum absolute atomic E-state index is 10.9. The van der Waals surface area contributed by atoms with Gasteiger partial charge in [0.25, 0.3) is 0 Å². The number of carboxylic acids is 1. The van der Waals surface area contributed by atoms with Crippen LogP contribution in [-0.2, 0) is 10.2 Å². The van der Waals surface area contributed by atoms with E-state index in [4.69, 9.17) is 5.11 Å². The van der Waals surface area contributed by atoms with Crippen LogP contribution in [0.4, 0.5) is 0 Å². The van der Waals surface area contributed by atoms with E-state index >= 15 is 0 Å². The minimum Gasteiger partial charge on any atom is -0.619 e. The number of hydrogen-bond acceptors (Lipinski definition) is 2. The Kier molecular flexibility index (Phi) is 2.23. The molecule has 70 valence electrons. The number of carboxylic acid groups (broad SMARTS) is 1. The van der Waals surface area contributed by atoms with Crippen molar-refractivity contribution in [2.45, 2.75) is 19.3 Å². The summed E-state index contributed by atoms with van der Waals surface area (Å²) in [5.41, 5.74) is -0.523. The second-order valence-electron chi connectivity index (χ2n) is 3.38. The monoisotopic (exact) mass is 181 g/mol. The molecule has 0 spiro atoms. The quantitative estimate of drug-likeness (QED) is 0.539. The van der Waals surface area contributed by atoms with Crippen LogP contribution in [0.25, 0.3) is 0 Å². The van der Waals surface area contributed by atoms with Crippen molar-refractivity contribution in [1.82, 2.24) is 0 Å². The summed E-state index contributed by atoms with van der Waals surface area (Å²) < 4.78 is 0.597. The Bertz CT molecular complexity index is 333. The Hall–Kier alpha value is -1.58. The zero-order valence-electron chi connectivity index (χ0n) is 7.52. The van der Waals surface area contributed by atoms with Crippen molar-refractivity contribution < 1.29 is 14.6 Å². The van der Waals surface area contributed by atoms with Gasteiger partial charge in [-0.3, -0.25) is 4.79 Å². The van der Waals surface area contributed by atoms with Gasteiger partial charge in [-0.15, -0.1) is 0 Å². The standard InChI is InChI=1S/C9H11NO3/c1-9(2,8(11)12)7-4-3-5-10(13)6-7/h3-6H,1-2H3,(H,11,12). The number of pyridine rings is 1. The number of carbonyl (C=O) groups is 1. The van der Waals surface area contributed by atoms with Gasteiger partial charge in [-0.1, -0.05) is 0 Å². The van der Waals surface area contributed by atoms with Crippen molar-refractivity contribution in [2.75, 3.05) is 0 Å². The lowest BCUT2D eigenvalue weighted by atomic mass is 9.86. The maximum Gasteiger partial charge on any atom is 0.313 e. The van der Waals surface area contributed by atoms with Crippen LogP contribution in [0.15, 0.2) is 24.5 Å². The Labute approximate surface area is 76.0 Å². The summed E-state index contributed by atoms with van der Waals surface area (Å²) in [5.74, 6) is -0.946. The van der Waals surface area contributed by atoms with E-state index in [1.165, 1.54) is 18.5 Å². The lowest BCUT2D eigenvalue weighted by Gasteiger charge is -2.17. The highest BCUT2D eigenvalue weighted by Crippen LogP contribution is 2.21. The number of aromatic nitrogens is 1. The summed E-state index contributed by atoms with van der Waals surface area (Å²) in [5, 5.41) is 19.8. The normalized spacial score (nSPS) is 11.2. The Balaban J connectivity index is 3.14. The molecule has 0 radical (unpaired) electrons. The van der Waals surface area contributed by atoms with E-state index in [0.29, 0.717) is 10.3 Å². The second kappa shape index (κ2) is 3.05. The van der Waals surface area contributed by atoms with Crippen LogP contribution in [0.3, 0.4) is 0 Å². The molecule has 4 heteroatoms. The molecule has 0 saturated heterocycles. The first-order chi connectivity index (χ1) is 5.94. The van der Waals surface area contributed by atoms with Crippen LogP contribution in [0.2, 0.25) is 0 Å². The van der Waals surface area contributed by atoms with Crippen molar-refractivity contribution in [3.63, 3.8) is 0 Å². The van der Waals surface area contributed by atoms with Gasteiger partial charge in [0.15, 0.2) is 12.4 Å². The highest BCUT2D eigenvalue weighted by atomic mass is 16.5. The van der Waals surface area contributed by atoms with Gasteiger partial charge in [0, 0.05) is 11.6 Å². The molecule has 1 aromatic heterocycles. The van der Waals surface area contributed by atoms with Crippen LogP contribution >= 0.6 is 0 Å². The molecule has 13 heavy (non-hydrogen) atoms. The molecule has 0 saturated carbocycles. The van der Waals surface area contributed by atoms with Gasteiger partial charge >= 0.3 is 5.97 Å². The van der Waals surface area contributed by atoms with E-state index in [9.17, 15) is 10.0 Å². The van der Waals surface area contributed by atoms with Gasteiger partial charge in [0.1, 0.15) is 0 Å². The van der Waals surface area contributed by atoms with Crippen molar-refractivity contribution in [3.05, 3.63) is 35.3 Å². The zero-order chi connectivity index (χ0) is 10.1.